The fourth-order valence-corrected chi connectivity index (χ4v) is 3.98. The van der Waals surface area contributed by atoms with E-state index in [1.165, 1.54) is 31.4 Å². The minimum atomic E-state index is -0.640. The van der Waals surface area contributed by atoms with Gasteiger partial charge in [-0.15, -0.1) is 11.8 Å². The average Bonchev–Trinajstić information content (AvgIpc) is 3.06. The highest BCUT2D eigenvalue weighted by molar-refractivity contribution is 8.01. The summed E-state index contributed by atoms with van der Waals surface area (Å²) >= 11 is 1.12. The van der Waals surface area contributed by atoms with Gasteiger partial charge in [-0.3, -0.25) is 14.4 Å². The monoisotopic (exact) mass is 442 g/mol. The first-order valence-corrected chi connectivity index (χ1v) is 10.7. The van der Waals surface area contributed by atoms with E-state index in [-0.39, 0.29) is 29.9 Å². The Morgan fingerprint density at radius 1 is 1.10 bits per heavy atom. The molecule has 9 heteroatoms. The molecule has 0 unspecified atom stereocenters. The van der Waals surface area contributed by atoms with Crippen molar-refractivity contribution in [3.8, 4) is 5.75 Å². The normalized spacial score (nSPS) is 15.7. The van der Waals surface area contributed by atoms with Crippen LogP contribution in [0.3, 0.4) is 0 Å². The Bertz CT molecular complexity index is 975. The summed E-state index contributed by atoms with van der Waals surface area (Å²) in [6, 6.07) is 13.0. The number of carbonyl (C=O) groups is 4. The van der Waals surface area contributed by atoms with Crippen LogP contribution in [-0.4, -0.2) is 48.4 Å². The summed E-state index contributed by atoms with van der Waals surface area (Å²) in [6.07, 6.45) is 0.0125. The summed E-state index contributed by atoms with van der Waals surface area (Å²) < 4.78 is 10.00. The zero-order valence-electron chi connectivity index (χ0n) is 17.1. The largest absolute Gasteiger partial charge is 0.494 e. The number of ether oxygens (including phenoxy) is 2. The molecule has 0 radical (unpaired) electrons. The summed E-state index contributed by atoms with van der Waals surface area (Å²) in [6.45, 7) is 2.45. The molecular formula is C22H22N2O6S. The first-order valence-electron chi connectivity index (χ1n) is 9.62. The third-order valence-corrected chi connectivity index (χ3v) is 5.72. The molecule has 3 amide bonds. The highest BCUT2D eigenvalue weighted by Gasteiger charge is 2.40. The Hall–Kier alpha value is -3.33. The van der Waals surface area contributed by atoms with E-state index in [1.807, 2.05) is 6.92 Å². The SMILES string of the molecule is CCOc1ccc(NC(=O)CS[C@H]2CC(=O)N(c3ccc(C(=O)OC)cc3)C2=O)cc1. The van der Waals surface area contributed by atoms with Gasteiger partial charge in [-0.2, -0.15) is 0 Å². The molecule has 1 atom stereocenters. The number of hydrogen-bond acceptors (Lipinski definition) is 7. The quantitative estimate of drug-likeness (QED) is 0.495. The highest BCUT2D eigenvalue weighted by atomic mass is 32.2. The molecule has 2 aromatic rings. The number of anilines is 2. The summed E-state index contributed by atoms with van der Waals surface area (Å²) in [5.74, 6) is -0.751. The number of nitrogens with zero attached hydrogens (tertiary/aromatic N) is 1. The smallest absolute Gasteiger partial charge is 0.337 e. The lowest BCUT2D eigenvalue weighted by atomic mass is 10.2. The fraction of sp³-hybridized carbons (Fsp3) is 0.273. The standard InChI is InChI=1S/C22H22N2O6S/c1-3-30-17-10-6-15(7-11-17)23-19(25)13-31-18-12-20(26)24(21(18)27)16-8-4-14(5-9-16)22(28)29-2/h4-11,18H,3,12-13H2,1-2H3,(H,23,25)/t18-/m0/s1. The molecule has 1 heterocycles. The van der Waals surface area contributed by atoms with Crippen LogP contribution in [0.15, 0.2) is 48.5 Å². The molecule has 3 rings (SSSR count). The Labute approximate surface area is 183 Å². The van der Waals surface area contributed by atoms with E-state index in [0.717, 1.165) is 16.7 Å². The van der Waals surface area contributed by atoms with Gasteiger partial charge in [0.1, 0.15) is 5.75 Å². The van der Waals surface area contributed by atoms with Gasteiger partial charge < -0.3 is 14.8 Å². The Morgan fingerprint density at radius 3 is 2.39 bits per heavy atom. The lowest BCUT2D eigenvalue weighted by Crippen LogP contribution is -2.31. The van der Waals surface area contributed by atoms with E-state index in [1.54, 1.807) is 24.3 Å². The molecule has 0 bridgehead atoms. The molecule has 1 N–H and O–H groups in total. The Balaban J connectivity index is 1.55. The molecule has 2 aromatic carbocycles. The third-order valence-electron chi connectivity index (χ3n) is 4.52. The topological polar surface area (TPSA) is 102 Å². The van der Waals surface area contributed by atoms with Crippen LogP contribution in [0, 0.1) is 0 Å². The summed E-state index contributed by atoms with van der Waals surface area (Å²) in [5.41, 5.74) is 1.32. The number of imide groups is 1. The molecule has 0 saturated carbocycles. The van der Waals surface area contributed by atoms with Crippen LogP contribution in [-0.2, 0) is 19.1 Å². The van der Waals surface area contributed by atoms with E-state index in [2.05, 4.69) is 10.1 Å². The minimum Gasteiger partial charge on any atom is -0.494 e. The Kier molecular flexibility index (Phi) is 7.30. The lowest BCUT2D eigenvalue weighted by Gasteiger charge is -2.15. The summed E-state index contributed by atoms with van der Waals surface area (Å²) in [4.78, 5) is 49.9. The summed E-state index contributed by atoms with van der Waals surface area (Å²) in [7, 11) is 1.28. The van der Waals surface area contributed by atoms with Gasteiger partial charge in [0.25, 0.3) is 0 Å². The van der Waals surface area contributed by atoms with Crippen molar-refractivity contribution in [3.05, 3.63) is 54.1 Å². The molecule has 31 heavy (non-hydrogen) atoms. The molecule has 8 nitrogen and oxygen atoms in total. The van der Waals surface area contributed by atoms with Crippen molar-refractivity contribution in [3.63, 3.8) is 0 Å². The second-order valence-electron chi connectivity index (χ2n) is 6.62. The number of thioether (sulfide) groups is 1. The lowest BCUT2D eigenvalue weighted by molar-refractivity contribution is -0.121. The predicted molar refractivity (Wildman–Crippen MR) is 117 cm³/mol. The molecular weight excluding hydrogens is 420 g/mol. The maximum atomic E-state index is 12.7. The van der Waals surface area contributed by atoms with E-state index in [4.69, 9.17) is 4.74 Å². The van der Waals surface area contributed by atoms with E-state index in [9.17, 15) is 19.2 Å². The maximum absolute atomic E-state index is 12.7. The molecule has 0 spiro atoms. The minimum absolute atomic E-state index is 0.0125. The van der Waals surface area contributed by atoms with Crippen LogP contribution in [0.25, 0.3) is 0 Å². The third kappa shape index (κ3) is 5.43. The number of hydrogen-bond donors (Lipinski definition) is 1. The van der Waals surface area contributed by atoms with Gasteiger partial charge in [0.05, 0.1) is 36.0 Å². The molecule has 162 valence electrons. The highest BCUT2D eigenvalue weighted by Crippen LogP contribution is 2.30. The number of rotatable bonds is 8. The Morgan fingerprint density at radius 2 is 1.77 bits per heavy atom. The first-order chi connectivity index (χ1) is 14.9. The number of amides is 3. The average molecular weight is 442 g/mol. The van der Waals surface area contributed by atoms with Crippen molar-refractivity contribution in [1.29, 1.82) is 0 Å². The molecule has 1 aliphatic rings. The second-order valence-corrected chi connectivity index (χ2v) is 7.81. The molecule has 0 aromatic heterocycles. The van der Waals surface area contributed by atoms with Gasteiger partial charge in [-0.1, -0.05) is 0 Å². The van der Waals surface area contributed by atoms with Crippen LogP contribution < -0.4 is 15.0 Å². The predicted octanol–water partition coefficient (Wildman–Crippen LogP) is 2.88. The van der Waals surface area contributed by atoms with Crippen molar-refractivity contribution >= 4 is 46.8 Å². The van der Waals surface area contributed by atoms with Crippen molar-refractivity contribution in [2.45, 2.75) is 18.6 Å². The number of nitrogens with one attached hydrogen (secondary N) is 1. The second kappa shape index (κ2) is 10.1. The van der Waals surface area contributed by atoms with E-state index >= 15 is 0 Å². The van der Waals surface area contributed by atoms with E-state index < -0.39 is 11.2 Å². The zero-order valence-corrected chi connectivity index (χ0v) is 17.9. The number of carbonyl (C=O) groups excluding carboxylic acids is 4. The van der Waals surface area contributed by atoms with E-state index in [0.29, 0.717) is 29.3 Å². The molecule has 1 fully saturated rings. The fourth-order valence-electron chi connectivity index (χ4n) is 3.04. The maximum Gasteiger partial charge on any atom is 0.337 e. The van der Waals surface area contributed by atoms with Crippen molar-refractivity contribution in [1.82, 2.24) is 0 Å². The number of benzene rings is 2. The van der Waals surface area contributed by atoms with Crippen molar-refractivity contribution < 1.29 is 28.7 Å². The molecule has 1 saturated heterocycles. The van der Waals surface area contributed by atoms with Gasteiger partial charge >= 0.3 is 5.97 Å². The summed E-state index contributed by atoms with van der Waals surface area (Å²) in [5, 5.41) is 2.12. The molecule has 1 aliphatic heterocycles. The van der Waals surface area contributed by atoms with Crippen LogP contribution >= 0.6 is 11.8 Å². The van der Waals surface area contributed by atoms with Crippen molar-refractivity contribution in [2.75, 3.05) is 29.7 Å². The van der Waals surface area contributed by atoms with Gasteiger partial charge in [0.15, 0.2) is 0 Å². The van der Waals surface area contributed by atoms with Gasteiger partial charge in [0, 0.05) is 12.1 Å². The van der Waals surface area contributed by atoms with Crippen LogP contribution in [0.5, 0.6) is 5.75 Å². The van der Waals surface area contributed by atoms with Crippen molar-refractivity contribution in [2.24, 2.45) is 0 Å². The number of esters is 1. The first kappa shape index (κ1) is 22.4. The van der Waals surface area contributed by atoms with Gasteiger partial charge in [0.2, 0.25) is 17.7 Å². The number of methoxy groups -OCH3 is 1. The van der Waals surface area contributed by atoms with Crippen LogP contribution in [0.1, 0.15) is 23.7 Å². The van der Waals surface area contributed by atoms with Gasteiger partial charge in [-0.05, 0) is 55.5 Å². The van der Waals surface area contributed by atoms with Gasteiger partial charge in [-0.25, -0.2) is 9.69 Å². The van der Waals surface area contributed by atoms with Crippen LogP contribution in [0.4, 0.5) is 11.4 Å². The zero-order chi connectivity index (χ0) is 22.4. The van der Waals surface area contributed by atoms with Crippen LogP contribution in [0.2, 0.25) is 0 Å². The molecule has 0 aliphatic carbocycles.